The van der Waals surface area contributed by atoms with Crippen LogP contribution in [0.2, 0.25) is 0 Å². The van der Waals surface area contributed by atoms with Crippen LogP contribution in [0, 0.1) is 0 Å². The Morgan fingerprint density at radius 2 is 1.94 bits per heavy atom. The second kappa shape index (κ2) is 6.55. The summed E-state index contributed by atoms with van der Waals surface area (Å²) in [5.41, 5.74) is 7.10. The van der Waals surface area contributed by atoms with Crippen molar-refractivity contribution in [1.82, 2.24) is 0 Å². The van der Waals surface area contributed by atoms with Crippen molar-refractivity contribution in [2.75, 3.05) is 6.61 Å². The minimum absolute atomic E-state index is 0.0192. The molecule has 1 aromatic rings. The molecule has 0 radical (unpaired) electrons. The summed E-state index contributed by atoms with van der Waals surface area (Å²) in [5, 5.41) is 0. The molecule has 1 unspecified atom stereocenters. The number of carbonyl (C=O) groups excluding carboxylic acids is 1. The molecule has 1 aromatic carbocycles. The van der Waals surface area contributed by atoms with Gasteiger partial charge in [0.1, 0.15) is 6.04 Å². The fourth-order valence-corrected chi connectivity index (χ4v) is 1.92. The van der Waals surface area contributed by atoms with E-state index in [4.69, 9.17) is 10.5 Å². The van der Waals surface area contributed by atoms with Gasteiger partial charge in [0.15, 0.2) is 0 Å². The van der Waals surface area contributed by atoms with E-state index in [0.717, 1.165) is 6.42 Å². The zero-order chi connectivity index (χ0) is 13.6. The van der Waals surface area contributed by atoms with Gasteiger partial charge in [0, 0.05) is 0 Å². The van der Waals surface area contributed by atoms with Crippen LogP contribution in [0.25, 0.3) is 0 Å². The largest absolute Gasteiger partial charge is 0.465 e. The van der Waals surface area contributed by atoms with Crippen molar-refractivity contribution in [2.45, 2.75) is 45.1 Å². The lowest BCUT2D eigenvalue weighted by molar-refractivity contribution is -0.144. The highest BCUT2D eigenvalue weighted by Crippen LogP contribution is 2.28. The quantitative estimate of drug-likeness (QED) is 0.788. The van der Waals surface area contributed by atoms with Crippen molar-refractivity contribution in [2.24, 2.45) is 5.73 Å². The molecule has 0 aromatic heterocycles. The van der Waals surface area contributed by atoms with Crippen LogP contribution in [0.4, 0.5) is 0 Å². The minimum Gasteiger partial charge on any atom is -0.465 e. The molecule has 0 saturated heterocycles. The van der Waals surface area contributed by atoms with Crippen molar-refractivity contribution in [3.05, 3.63) is 35.9 Å². The second-order valence-electron chi connectivity index (χ2n) is 5.15. The Kier molecular flexibility index (Phi) is 5.35. The van der Waals surface area contributed by atoms with Crippen LogP contribution < -0.4 is 5.73 Å². The minimum atomic E-state index is -0.520. The first-order chi connectivity index (χ1) is 8.47. The molecule has 0 bridgehead atoms. The van der Waals surface area contributed by atoms with Gasteiger partial charge in [0.25, 0.3) is 0 Å². The van der Waals surface area contributed by atoms with Crippen LogP contribution in [-0.4, -0.2) is 18.6 Å². The van der Waals surface area contributed by atoms with Crippen LogP contribution >= 0.6 is 0 Å². The number of nitrogens with two attached hydrogens (primary N) is 1. The number of hydrogen-bond donors (Lipinski definition) is 1. The van der Waals surface area contributed by atoms with Crippen molar-refractivity contribution in [3.63, 3.8) is 0 Å². The standard InChI is InChI=1S/C15H23NO2/c1-4-18-14(17)13(16)10-11-15(2,3)12-8-6-5-7-9-12/h5-9,13H,4,10-11,16H2,1-3H3. The molecule has 0 saturated carbocycles. The Hall–Kier alpha value is -1.35. The van der Waals surface area contributed by atoms with Crippen LogP contribution in [0.1, 0.15) is 39.2 Å². The first-order valence-corrected chi connectivity index (χ1v) is 6.45. The molecular formula is C15H23NO2. The van der Waals surface area contributed by atoms with Crippen molar-refractivity contribution in [3.8, 4) is 0 Å². The fraction of sp³-hybridized carbons (Fsp3) is 0.533. The van der Waals surface area contributed by atoms with Crippen molar-refractivity contribution in [1.29, 1.82) is 0 Å². The lowest BCUT2D eigenvalue weighted by atomic mass is 9.80. The Bertz CT molecular complexity index is 373. The van der Waals surface area contributed by atoms with Gasteiger partial charge in [-0.15, -0.1) is 0 Å². The van der Waals surface area contributed by atoms with Gasteiger partial charge in [-0.3, -0.25) is 4.79 Å². The smallest absolute Gasteiger partial charge is 0.322 e. The number of ether oxygens (including phenoxy) is 1. The number of esters is 1. The molecule has 0 heterocycles. The van der Waals surface area contributed by atoms with E-state index in [1.54, 1.807) is 6.92 Å². The topological polar surface area (TPSA) is 52.3 Å². The summed E-state index contributed by atoms with van der Waals surface area (Å²) >= 11 is 0. The monoisotopic (exact) mass is 249 g/mol. The molecule has 1 atom stereocenters. The predicted molar refractivity (Wildman–Crippen MR) is 73.3 cm³/mol. The van der Waals surface area contributed by atoms with Crippen molar-refractivity contribution < 1.29 is 9.53 Å². The predicted octanol–water partition coefficient (Wildman–Crippen LogP) is 2.63. The third-order valence-corrected chi connectivity index (χ3v) is 3.22. The zero-order valence-electron chi connectivity index (χ0n) is 11.5. The van der Waals surface area contributed by atoms with Crippen molar-refractivity contribution >= 4 is 5.97 Å². The molecule has 0 aliphatic rings. The molecule has 0 amide bonds. The Balaban J connectivity index is 2.54. The van der Waals surface area contributed by atoms with Crippen LogP contribution in [-0.2, 0) is 14.9 Å². The van der Waals surface area contributed by atoms with E-state index in [1.165, 1.54) is 5.56 Å². The summed E-state index contributed by atoms with van der Waals surface area (Å²) in [6, 6.07) is 9.76. The number of hydrogen-bond acceptors (Lipinski definition) is 3. The van der Waals surface area contributed by atoms with Crippen LogP contribution in [0.15, 0.2) is 30.3 Å². The van der Waals surface area contributed by atoms with E-state index in [0.29, 0.717) is 13.0 Å². The molecule has 0 aliphatic heterocycles. The first-order valence-electron chi connectivity index (χ1n) is 6.45. The maximum absolute atomic E-state index is 11.4. The molecule has 1 rings (SSSR count). The molecule has 0 fully saturated rings. The van der Waals surface area contributed by atoms with Gasteiger partial charge in [0.2, 0.25) is 0 Å². The summed E-state index contributed by atoms with van der Waals surface area (Å²) in [4.78, 5) is 11.4. The molecule has 100 valence electrons. The molecule has 0 aliphatic carbocycles. The van der Waals surface area contributed by atoms with Gasteiger partial charge in [-0.1, -0.05) is 44.2 Å². The van der Waals surface area contributed by atoms with E-state index in [1.807, 2.05) is 18.2 Å². The van der Waals surface area contributed by atoms with E-state index in [2.05, 4.69) is 26.0 Å². The van der Waals surface area contributed by atoms with Gasteiger partial charge in [-0.25, -0.2) is 0 Å². The zero-order valence-corrected chi connectivity index (χ0v) is 11.5. The summed E-state index contributed by atoms with van der Waals surface area (Å²) in [6.07, 6.45) is 1.50. The first kappa shape index (κ1) is 14.7. The third kappa shape index (κ3) is 4.15. The van der Waals surface area contributed by atoms with Gasteiger partial charge in [0.05, 0.1) is 6.61 Å². The summed E-state index contributed by atoms with van der Waals surface area (Å²) < 4.78 is 4.91. The number of rotatable bonds is 6. The highest BCUT2D eigenvalue weighted by Gasteiger charge is 2.23. The van der Waals surface area contributed by atoms with E-state index in [9.17, 15) is 4.79 Å². The summed E-state index contributed by atoms with van der Waals surface area (Å²) in [6.45, 7) is 6.51. The normalized spacial score (nSPS) is 13.1. The molecular weight excluding hydrogens is 226 g/mol. The Labute approximate surface area is 109 Å². The molecule has 2 N–H and O–H groups in total. The maximum atomic E-state index is 11.4. The molecule has 3 nitrogen and oxygen atoms in total. The summed E-state index contributed by atoms with van der Waals surface area (Å²) in [5.74, 6) is -0.304. The summed E-state index contributed by atoms with van der Waals surface area (Å²) in [7, 11) is 0. The third-order valence-electron chi connectivity index (χ3n) is 3.22. The molecule has 3 heteroatoms. The average Bonchev–Trinajstić information content (AvgIpc) is 2.37. The Morgan fingerprint density at radius 1 is 1.33 bits per heavy atom. The van der Waals surface area contributed by atoms with Gasteiger partial charge >= 0.3 is 5.97 Å². The maximum Gasteiger partial charge on any atom is 0.322 e. The van der Waals surface area contributed by atoms with E-state index in [-0.39, 0.29) is 11.4 Å². The van der Waals surface area contributed by atoms with Gasteiger partial charge in [-0.2, -0.15) is 0 Å². The highest BCUT2D eigenvalue weighted by molar-refractivity contribution is 5.75. The second-order valence-corrected chi connectivity index (χ2v) is 5.15. The fourth-order valence-electron chi connectivity index (χ4n) is 1.92. The highest BCUT2D eigenvalue weighted by atomic mass is 16.5. The van der Waals surface area contributed by atoms with Gasteiger partial charge < -0.3 is 10.5 Å². The van der Waals surface area contributed by atoms with E-state index >= 15 is 0 Å². The molecule has 18 heavy (non-hydrogen) atoms. The lowest BCUT2D eigenvalue weighted by Gasteiger charge is -2.26. The average molecular weight is 249 g/mol. The number of carbonyl (C=O) groups is 1. The number of benzene rings is 1. The Morgan fingerprint density at radius 3 is 2.50 bits per heavy atom. The van der Waals surface area contributed by atoms with Gasteiger partial charge in [-0.05, 0) is 30.7 Å². The SMILES string of the molecule is CCOC(=O)C(N)CCC(C)(C)c1ccccc1. The molecule has 0 spiro atoms. The van der Waals surface area contributed by atoms with E-state index < -0.39 is 6.04 Å². The lowest BCUT2D eigenvalue weighted by Crippen LogP contribution is -2.34. The van der Waals surface area contributed by atoms with Crippen LogP contribution in [0.3, 0.4) is 0 Å². The van der Waals surface area contributed by atoms with Crippen LogP contribution in [0.5, 0.6) is 0 Å².